The van der Waals surface area contributed by atoms with Crippen LogP contribution in [0.1, 0.15) is 34.6 Å². The summed E-state index contributed by atoms with van der Waals surface area (Å²) >= 11 is 0. The minimum atomic E-state index is -4.58. The molecule has 1 heterocycles. The lowest BCUT2D eigenvalue weighted by atomic mass is 10.1. The zero-order chi connectivity index (χ0) is 17.6. The maximum absolute atomic E-state index is 12.3. The second kappa shape index (κ2) is 5.52. The summed E-state index contributed by atoms with van der Waals surface area (Å²) in [5.41, 5.74) is -0.374. The van der Waals surface area contributed by atoms with E-state index in [4.69, 9.17) is 0 Å². The predicted octanol–water partition coefficient (Wildman–Crippen LogP) is 1.53. The number of alkyl halides is 3. The molecule has 1 aromatic carbocycles. The van der Waals surface area contributed by atoms with Crippen molar-refractivity contribution >= 4 is 21.8 Å². The van der Waals surface area contributed by atoms with Crippen molar-refractivity contribution in [2.24, 2.45) is 0 Å². The van der Waals surface area contributed by atoms with Crippen LogP contribution in [-0.4, -0.2) is 43.3 Å². The molecule has 23 heavy (non-hydrogen) atoms. The third kappa shape index (κ3) is 3.16. The molecule has 0 bridgehead atoms. The average Bonchev–Trinajstić information content (AvgIpc) is 2.62. The largest absolute Gasteiger partial charge is 0.405 e. The van der Waals surface area contributed by atoms with Crippen LogP contribution in [-0.2, 0) is 10.0 Å². The number of fused-ring (bicyclic) bond motifs is 1. The van der Waals surface area contributed by atoms with Gasteiger partial charge < -0.3 is 5.32 Å². The number of carbonyl (C=O) groups excluding carboxylic acids is 2. The molecule has 0 atom stereocenters. The molecule has 6 nitrogen and oxygen atoms in total. The molecule has 126 valence electrons. The maximum Gasteiger partial charge on any atom is 0.405 e. The van der Waals surface area contributed by atoms with Crippen LogP contribution in [0.5, 0.6) is 0 Å². The zero-order valence-electron chi connectivity index (χ0n) is 12.1. The standard InChI is InChI=1S/C13H13F3N2O4S/c1-7(2)18-12(20)9-4-3-8(5-10(9)23(18,21)22)11(19)17-6-13(14,15)16/h3-5,7H,6H2,1-2H3,(H,17,19). The van der Waals surface area contributed by atoms with E-state index in [2.05, 4.69) is 0 Å². The van der Waals surface area contributed by atoms with Gasteiger partial charge in [-0.15, -0.1) is 0 Å². The summed E-state index contributed by atoms with van der Waals surface area (Å²) in [5.74, 6) is -1.80. The third-order valence-electron chi connectivity index (χ3n) is 3.13. The molecule has 0 unspecified atom stereocenters. The number of rotatable bonds is 3. The quantitative estimate of drug-likeness (QED) is 0.896. The first-order valence-electron chi connectivity index (χ1n) is 6.53. The smallest absolute Gasteiger partial charge is 0.343 e. The Morgan fingerprint density at radius 3 is 2.43 bits per heavy atom. The third-order valence-corrected chi connectivity index (χ3v) is 5.13. The fraction of sp³-hybridized carbons (Fsp3) is 0.385. The first-order chi connectivity index (χ1) is 10.4. The van der Waals surface area contributed by atoms with Crippen molar-refractivity contribution in [1.29, 1.82) is 0 Å². The number of nitrogens with zero attached hydrogens (tertiary/aromatic N) is 1. The van der Waals surface area contributed by atoms with Crippen molar-refractivity contribution in [3.05, 3.63) is 29.3 Å². The Bertz CT molecular complexity index is 772. The summed E-state index contributed by atoms with van der Waals surface area (Å²) in [6.45, 7) is 1.49. The summed E-state index contributed by atoms with van der Waals surface area (Å²) in [6, 6.07) is 2.53. The Hall–Kier alpha value is -2.10. The normalized spacial score (nSPS) is 16.6. The van der Waals surface area contributed by atoms with Gasteiger partial charge in [0.25, 0.3) is 21.8 Å². The summed E-state index contributed by atoms with van der Waals surface area (Å²) < 4.78 is 61.6. The van der Waals surface area contributed by atoms with Gasteiger partial charge in [-0.2, -0.15) is 13.2 Å². The maximum atomic E-state index is 12.3. The summed E-state index contributed by atoms with van der Waals surface area (Å²) in [7, 11) is -4.11. The molecule has 1 N–H and O–H groups in total. The van der Waals surface area contributed by atoms with Gasteiger partial charge in [-0.3, -0.25) is 9.59 Å². The molecule has 2 rings (SSSR count). The second-order valence-corrected chi connectivity index (χ2v) is 6.99. The van der Waals surface area contributed by atoms with E-state index in [9.17, 15) is 31.2 Å². The fourth-order valence-corrected chi connectivity index (χ4v) is 3.97. The van der Waals surface area contributed by atoms with Crippen molar-refractivity contribution in [2.75, 3.05) is 6.54 Å². The highest BCUT2D eigenvalue weighted by Gasteiger charge is 2.43. The zero-order valence-corrected chi connectivity index (χ0v) is 13.0. The van der Waals surface area contributed by atoms with Gasteiger partial charge in [0, 0.05) is 11.6 Å². The van der Waals surface area contributed by atoms with E-state index >= 15 is 0 Å². The Balaban J connectivity index is 2.37. The van der Waals surface area contributed by atoms with Crippen LogP contribution >= 0.6 is 0 Å². The molecule has 10 heteroatoms. The number of nitrogens with one attached hydrogen (secondary N) is 1. The van der Waals surface area contributed by atoms with Gasteiger partial charge in [0.1, 0.15) is 11.4 Å². The van der Waals surface area contributed by atoms with E-state index in [1.54, 1.807) is 5.32 Å². The molecular weight excluding hydrogens is 337 g/mol. The van der Waals surface area contributed by atoms with Gasteiger partial charge in [0.05, 0.1) is 5.56 Å². The first-order valence-corrected chi connectivity index (χ1v) is 7.97. The molecule has 1 aromatic rings. The topological polar surface area (TPSA) is 83.6 Å². The summed E-state index contributed by atoms with van der Waals surface area (Å²) in [5, 5.41) is 1.65. The van der Waals surface area contributed by atoms with Crippen molar-refractivity contribution in [2.45, 2.75) is 31.0 Å². The van der Waals surface area contributed by atoms with E-state index in [0.29, 0.717) is 4.31 Å². The van der Waals surface area contributed by atoms with Gasteiger partial charge in [0.15, 0.2) is 0 Å². The minimum Gasteiger partial charge on any atom is -0.343 e. The summed E-state index contributed by atoms with van der Waals surface area (Å²) in [6.07, 6.45) is -4.58. The molecule has 0 aromatic heterocycles. The number of amides is 2. The van der Waals surface area contributed by atoms with Gasteiger partial charge in [-0.1, -0.05) is 0 Å². The lowest BCUT2D eigenvalue weighted by Gasteiger charge is -2.18. The van der Waals surface area contributed by atoms with E-state index in [1.807, 2.05) is 0 Å². The second-order valence-electron chi connectivity index (χ2n) is 5.21. The number of sulfonamides is 1. The molecule has 0 radical (unpaired) electrons. The van der Waals surface area contributed by atoms with Gasteiger partial charge in [-0.25, -0.2) is 12.7 Å². The van der Waals surface area contributed by atoms with Crippen LogP contribution in [0.25, 0.3) is 0 Å². The first kappa shape index (κ1) is 17.3. The minimum absolute atomic E-state index is 0.105. The molecule has 0 saturated carbocycles. The van der Waals surface area contributed by atoms with E-state index < -0.39 is 40.6 Å². The van der Waals surface area contributed by atoms with Crippen molar-refractivity contribution in [3.63, 3.8) is 0 Å². The highest BCUT2D eigenvalue weighted by molar-refractivity contribution is 7.90. The van der Waals surface area contributed by atoms with E-state index in [0.717, 1.165) is 18.2 Å². The van der Waals surface area contributed by atoms with Gasteiger partial charge in [0.2, 0.25) is 0 Å². The van der Waals surface area contributed by atoms with E-state index in [1.165, 1.54) is 13.8 Å². The SMILES string of the molecule is CC(C)N1C(=O)c2ccc(C(=O)NCC(F)(F)F)cc2S1(=O)=O. The number of carbonyl (C=O) groups is 2. The Morgan fingerprint density at radius 1 is 1.30 bits per heavy atom. The lowest BCUT2D eigenvalue weighted by molar-refractivity contribution is -0.123. The molecule has 2 amide bonds. The molecule has 0 fully saturated rings. The van der Waals surface area contributed by atoms with Crippen LogP contribution in [0.4, 0.5) is 13.2 Å². The van der Waals surface area contributed by atoms with Gasteiger partial charge in [-0.05, 0) is 32.0 Å². The van der Waals surface area contributed by atoms with Crippen LogP contribution in [0, 0.1) is 0 Å². The van der Waals surface area contributed by atoms with Crippen LogP contribution in [0.15, 0.2) is 23.1 Å². The number of benzene rings is 1. The monoisotopic (exact) mass is 350 g/mol. The molecule has 0 aliphatic carbocycles. The number of hydrogen-bond donors (Lipinski definition) is 1. The van der Waals surface area contributed by atoms with Crippen LogP contribution in [0.2, 0.25) is 0 Å². The molecule has 0 spiro atoms. The van der Waals surface area contributed by atoms with Crippen molar-refractivity contribution in [3.8, 4) is 0 Å². The Labute approximate surface area is 130 Å². The van der Waals surface area contributed by atoms with Crippen molar-refractivity contribution < 1.29 is 31.2 Å². The summed E-state index contributed by atoms with van der Waals surface area (Å²) in [4.78, 5) is 23.4. The van der Waals surface area contributed by atoms with Gasteiger partial charge >= 0.3 is 6.18 Å². The highest BCUT2D eigenvalue weighted by atomic mass is 32.2. The molecule has 1 aliphatic rings. The fourth-order valence-electron chi connectivity index (χ4n) is 2.18. The Morgan fingerprint density at radius 2 is 1.91 bits per heavy atom. The Kier molecular flexibility index (Phi) is 4.14. The molecule has 0 saturated heterocycles. The van der Waals surface area contributed by atoms with Crippen LogP contribution in [0.3, 0.4) is 0 Å². The van der Waals surface area contributed by atoms with Crippen LogP contribution < -0.4 is 5.32 Å². The number of halogens is 3. The van der Waals surface area contributed by atoms with Crippen molar-refractivity contribution in [1.82, 2.24) is 9.62 Å². The predicted molar refractivity (Wildman–Crippen MR) is 73.3 cm³/mol. The molecular formula is C13H13F3N2O4S. The highest BCUT2D eigenvalue weighted by Crippen LogP contribution is 2.32. The average molecular weight is 350 g/mol. The molecule has 1 aliphatic heterocycles. The van der Waals surface area contributed by atoms with E-state index in [-0.39, 0.29) is 16.0 Å². The number of hydrogen-bond acceptors (Lipinski definition) is 4. The lowest BCUT2D eigenvalue weighted by Crippen LogP contribution is -2.36.